The van der Waals surface area contributed by atoms with E-state index >= 15 is 0 Å². The second kappa shape index (κ2) is 11.9. The van der Waals surface area contributed by atoms with Gasteiger partial charge in [-0.3, -0.25) is 0 Å². The Hall–Kier alpha value is 0.825. The smallest absolute Gasteiger partial charge is 0.402 e. The van der Waals surface area contributed by atoms with Crippen LogP contribution < -0.4 is 0 Å². The first-order valence-corrected chi connectivity index (χ1v) is 8.40. The van der Waals surface area contributed by atoms with Crippen molar-refractivity contribution in [2.24, 2.45) is 0 Å². The molecule has 0 aromatic heterocycles. The zero-order valence-corrected chi connectivity index (χ0v) is 10.5. The summed E-state index contributed by atoms with van der Waals surface area (Å²) in [6, 6.07) is 0. The highest BCUT2D eigenvalue weighted by Crippen LogP contribution is 2.28. The number of hydrogen-bond acceptors (Lipinski definition) is 7. The first-order chi connectivity index (χ1) is 6.73. The van der Waals surface area contributed by atoms with Gasteiger partial charge in [-0.2, -0.15) is 0 Å². The molecule has 2 aliphatic heterocycles. The quantitative estimate of drug-likeness (QED) is 0.458. The van der Waals surface area contributed by atoms with Gasteiger partial charge in [0.1, 0.15) is 0 Å². The van der Waals surface area contributed by atoms with E-state index in [4.69, 9.17) is 15.1 Å². The Bertz CT molecular complexity index is 146. The van der Waals surface area contributed by atoms with E-state index in [2.05, 4.69) is 23.0 Å². The lowest BCUT2D eigenvalue weighted by Crippen LogP contribution is -2.07. The van der Waals surface area contributed by atoms with Crippen LogP contribution in [-0.2, 0) is 0 Å². The lowest BCUT2D eigenvalue weighted by Gasteiger charge is -1.69. The molecule has 0 aromatic carbocycles. The minimum Gasteiger partial charge on any atom is -0.402 e. The topological polar surface area (TPSA) is 60.7 Å². The van der Waals surface area contributed by atoms with Crippen LogP contribution in [0.2, 0.25) is 0 Å². The molecule has 0 aliphatic carbocycles. The van der Waals surface area contributed by atoms with Crippen LogP contribution in [0, 0.1) is 0 Å². The van der Waals surface area contributed by atoms with Crippen LogP contribution in [0.15, 0.2) is 23.0 Å². The predicted molar refractivity (Wildman–Crippen MR) is 70.8 cm³/mol. The summed E-state index contributed by atoms with van der Waals surface area (Å²) in [4.78, 5) is 0. The van der Waals surface area contributed by atoms with E-state index < -0.39 is 7.32 Å². The maximum atomic E-state index is 7.17. The van der Waals surface area contributed by atoms with Crippen molar-refractivity contribution in [3.05, 3.63) is 23.0 Å². The van der Waals surface area contributed by atoms with Gasteiger partial charge >= 0.3 is 7.32 Å². The second-order valence-corrected chi connectivity index (χ2v) is 6.49. The van der Waals surface area contributed by atoms with Crippen molar-refractivity contribution >= 4 is 50.5 Å². The molecule has 2 rings (SSSR count). The normalized spacial score (nSPS) is 16.8. The van der Waals surface area contributed by atoms with Gasteiger partial charge in [0.25, 0.3) is 0 Å². The van der Waals surface area contributed by atoms with Crippen molar-refractivity contribution in [3.63, 3.8) is 0 Å². The lowest BCUT2D eigenvalue weighted by atomic mass is 10.3. The SMILES string of the molecule is C1=CSSC1.C1=CSSC1.OB(O)O. The molecule has 2 heterocycles. The fourth-order valence-corrected chi connectivity index (χ4v) is 3.54. The standard InChI is InChI=1S/2C3H4S2.BH3O3/c2*1-2-4-5-3-1;2-1(3)4/h2*1-2H,3H2;2-4H. The Labute approximate surface area is 99.8 Å². The molecule has 14 heavy (non-hydrogen) atoms. The summed E-state index contributed by atoms with van der Waals surface area (Å²) in [5, 5.41) is 25.7. The molecule has 0 amide bonds. The number of rotatable bonds is 0. The van der Waals surface area contributed by atoms with Crippen molar-refractivity contribution in [1.82, 2.24) is 0 Å². The zero-order chi connectivity index (χ0) is 10.6. The van der Waals surface area contributed by atoms with Crippen molar-refractivity contribution in [2.45, 2.75) is 0 Å². The third-order valence-electron chi connectivity index (χ3n) is 0.768. The summed E-state index contributed by atoms with van der Waals surface area (Å²) in [7, 11) is 5.21. The Morgan fingerprint density at radius 3 is 1.29 bits per heavy atom. The molecular weight excluding hydrogens is 259 g/mol. The van der Waals surface area contributed by atoms with Crippen LogP contribution >= 0.6 is 43.2 Å². The van der Waals surface area contributed by atoms with Crippen LogP contribution in [0.5, 0.6) is 0 Å². The Morgan fingerprint density at radius 2 is 1.21 bits per heavy atom. The Morgan fingerprint density at radius 1 is 0.857 bits per heavy atom. The molecule has 0 unspecified atom stereocenters. The van der Waals surface area contributed by atoms with Gasteiger partial charge in [-0.15, -0.1) is 0 Å². The minimum atomic E-state index is -2.17. The van der Waals surface area contributed by atoms with E-state index in [1.165, 1.54) is 11.5 Å². The second-order valence-electron chi connectivity index (χ2n) is 1.85. The molecule has 0 radical (unpaired) electrons. The van der Waals surface area contributed by atoms with Gasteiger partial charge in [0.2, 0.25) is 0 Å². The fraction of sp³-hybridized carbons (Fsp3) is 0.333. The van der Waals surface area contributed by atoms with Crippen molar-refractivity contribution in [1.29, 1.82) is 0 Å². The summed E-state index contributed by atoms with van der Waals surface area (Å²) >= 11 is 0. The van der Waals surface area contributed by atoms with Gasteiger partial charge in [-0.05, 0) is 10.8 Å². The van der Waals surface area contributed by atoms with Gasteiger partial charge < -0.3 is 15.1 Å². The van der Waals surface area contributed by atoms with Crippen molar-refractivity contribution < 1.29 is 15.1 Å². The summed E-state index contributed by atoms with van der Waals surface area (Å²) in [5.41, 5.74) is 0. The predicted octanol–water partition coefficient (Wildman–Crippen LogP) is 1.74. The molecule has 0 spiro atoms. The molecule has 0 bridgehead atoms. The average molecular weight is 270 g/mol. The largest absolute Gasteiger partial charge is 0.631 e. The maximum absolute atomic E-state index is 7.17. The average Bonchev–Trinajstić information content (AvgIpc) is 2.83. The molecule has 80 valence electrons. The molecule has 2 aliphatic rings. The zero-order valence-electron chi connectivity index (χ0n) is 7.28. The van der Waals surface area contributed by atoms with E-state index in [-0.39, 0.29) is 0 Å². The van der Waals surface area contributed by atoms with Gasteiger partial charge in [-0.1, -0.05) is 55.3 Å². The summed E-state index contributed by atoms with van der Waals surface area (Å²) in [6.45, 7) is 0. The van der Waals surface area contributed by atoms with Crippen LogP contribution in [0.4, 0.5) is 0 Å². The molecular formula is C6H11BO3S4. The van der Waals surface area contributed by atoms with Crippen molar-refractivity contribution in [3.8, 4) is 0 Å². The third kappa shape index (κ3) is 15.3. The van der Waals surface area contributed by atoms with Crippen LogP contribution in [-0.4, -0.2) is 33.9 Å². The minimum absolute atomic E-state index is 1.20. The molecule has 0 fully saturated rings. The van der Waals surface area contributed by atoms with Crippen LogP contribution in [0.3, 0.4) is 0 Å². The van der Waals surface area contributed by atoms with E-state index in [1.54, 1.807) is 0 Å². The molecule has 3 nitrogen and oxygen atoms in total. The summed E-state index contributed by atoms with van der Waals surface area (Å²) < 4.78 is 0. The van der Waals surface area contributed by atoms with Gasteiger partial charge in [0.05, 0.1) is 0 Å². The first kappa shape index (κ1) is 14.8. The Balaban J connectivity index is 0.000000183. The van der Waals surface area contributed by atoms with Crippen molar-refractivity contribution in [2.75, 3.05) is 11.5 Å². The highest BCUT2D eigenvalue weighted by Gasteiger charge is 1.92. The Kier molecular flexibility index (Phi) is 12.6. The van der Waals surface area contributed by atoms with Crippen LogP contribution in [0.1, 0.15) is 0 Å². The van der Waals surface area contributed by atoms with Crippen LogP contribution in [0.25, 0.3) is 0 Å². The molecule has 3 N–H and O–H groups in total. The van der Waals surface area contributed by atoms with Gasteiger partial charge in [0, 0.05) is 11.5 Å². The molecule has 8 heteroatoms. The molecule has 0 saturated heterocycles. The van der Waals surface area contributed by atoms with E-state index in [0.29, 0.717) is 0 Å². The summed E-state index contributed by atoms with van der Waals surface area (Å²) in [5.74, 6) is 2.40. The molecule has 0 aromatic rings. The van der Waals surface area contributed by atoms with E-state index in [9.17, 15) is 0 Å². The highest BCUT2D eigenvalue weighted by atomic mass is 33.1. The lowest BCUT2D eigenvalue weighted by molar-refractivity contribution is 0.278. The molecule has 0 saturated carbocycles. The van der Waals surface area contributed by atoms with E-state index in [1.807, 2.05) is 43.2 Å². The third-order valence-corrected chi connectivity index (χ3v) is 4.60. The fourth-order valence-electron chi connectivity index (χ4n) is 0.393. The first-order valence-electron chi connectivity index (χ1n) is 3.64. The van der Waals surface area contributed by atoms with Gasteiger partial charge in [-0.25, -0.2) is 0 Å². The molecule has 0 atom stereocenters. The maximum Gasteiger partial charge on any atom is 0.631 e. The highest BCUT2D eigenvalue weighted by molar-refractivity contribution is 8.78. The number of hydrogen-bond donors (Lipinski definition) is 3. The monoisotopic (exact) mass is 270 g/mol. The van der Waals surface area contributed by atoms with E-state index in [0.717, 1.165) is 0 Å². The summed E-state index contributed by atoms with van der Waals surface area (Å²) in [6.07, 6.45) is 4.32. The van der Waals surface area contributed by atoms with Gasteiger partial charge in [0.15, 0.2) is 0 Å².